The Morgan fingerprint density at radius 1 is 1.30 bits per heavy atom. The van der Waals surface area contributed by atoms with Gasteiger partial charge in [0.1, 0.15) is 11.1 Å². The topological polar surface area (TPSA) is 74.6 Å². The standard InChI is InChI=1S/C16H16ClN3O3/c17-13-11(10-4-1-2-5-12(10)23-13)8-20-14(21)16(19-15(20)22)6-3-7-18-9-16/h1-2,4-5,18H,3,6-9H2,(H,19,22). The number of carbonyl (C=O) groups is 2. The average molecular weight is 334 g/mol. The molecule has 23 heavy (non-hydrogen) atoms. The first kappa shape index (κ1) is 14.5. The second kappa shape index (κ2) is 5.25. The normalized spacial score (nSPS) is 24.7. The van der Waals surface area contributed by atoms with Gasteiger partial charge in [0.15, 0.2) is 5.22 Å². The molecule has 1 aromatic carbocycles. The maximum Gasteiger partial charge on any atom is 0.325 e. The number of nitrogens with one attached hydrogen (secondary N) is 2. The summed E-state index contributed by atoms with van der Waals surface area (Å²) in [5, 5.41) is 7.07. The lowest BCUT2D eigenvalue weighted by Crippen LogP contribution is -2.57. The molecule has 2 aliphatic heterocycles. The molecule has 0 bridgehead atoms. The summed E-state index contributed by atoms with van der Waals surface area (Å²) in [6.07, 6.45) is 1.51. The van der Waals surface area contributed by atoms with E-state index in [1.165, 1.54) is 4.90 Å². The molecule has 2 aromatic rings. The number of carbonyl (C=O) groups excluding carboxylic acids is 2. The van der Waals surface area contributed by atoms with E-state index in [4.69, 9.17) is 16.0 Å². The highest BCUT2D eigenvalue weighted by Crippen LogP contribution is 2.33. The van der Waals surface area contributed by atoms with Crippen molar-refractivity contribution in [2.45, 2.75) is 24.9 Å². The van der Waals surface area contributed by atoms with E-state index in [2.05, 4.69) is 10.6 Å². The molecule has 1 atom stereocenters. The van der Waals surface area contributed by atoms with Gasteiger partial charge in [0.2, 0.25) is 0 Å². The number of urea groups is 1. The van der Waals surface area contributed by atoms with Crippen molar-refractivity contribution in [1.82, 2.24) is 15.5 Å². The summed E-state index contributed by atoms with van der Waals surface area (Å²) in [6, 6.07) is 7.03. The molecule has 4 rings (SSSR count). The Kier molecular flexibility index (Phi) is 3.32. The van der Waals surface area contributed by atoms with Crippen LogP contribution in [-0.2, 0) is 11.3 Å². The number of nitrogens with zero attached hydrogens (tertiary/aromatic N) is 1. The molecule has 6 nitrogen and oxygen atoms in total. The lowest BCUT2D eigenvalue weighted by molar-refractivity contribution is -0.132. The van der Waals surface area contributed by atoms with Gasteiger partial charge >= 0.3 is 6.03 Å². The van der Waals surface area contributed by atoms with Crippen molar-refractivity contribution in [2.24, 2.45) is 0 Å². The van der Waals surface area contributed by atoms with Gasteiger partial charge in [-0.05, 0) is 37.1 Å². The molecule has 3 heterocycles. The highest BCUT2D eigenvalue weighted by molar-refractivity contribution is 6.31. The molecule has 2 N–H and O–H groups in total. The fourth-order valence-electron chi connectivity index (χ4n) is 3.39. The smallest absolute Gasteiger partial charge is 0.325 e. The SMILES string of the molecule is O=C1NC2(CCCNC2)C(=O)N1Cc1c(Cl)oc2ccccc12. The van der Waals surface area contributed by atoms with Crippen LogP contribution in [0.5, 0.6) is 0 Å². The fourth-order valence-corrected chi connectivity index (χ4v) is 3.63. The molecule has 1 unspecified atom stereocenters. The Labute approximate surface area is 137 Å². The van der Waals surface area contributed by atoms with Crippen LogP contribution in [0.25, 0.3) is 11.0 Å². The summed E-state index contributed by atoms with van der Waals surface area (Å²) in [5.41, 5.74) is 0.488. The maximum atomic E-state index is 12.8. The summed E-state index contributed by atoms with van der Waals surface area (Å²) in [4.78, 5) is 26.4. The zero-order chi connectivity index (χ0) is 16.0. The number of halogens is 1. The van der Waals surface area contributed by atoms with E-state index in [1.54, 1.807) is 0 Å². The number of hydrogen-bond acceptors (Lipinski definition) is 4. The fraction of sp³-hybridized carbons (Fsp3) is 0.375. The minimum absolute atomic E-state index is 0.113. The lowest BCUT2D eigenvalue weighted by Gasteiger charge is -2.31. The van der Waals surface area contributed by atoms with Gasteiger partial charge in [-0.1, -0.05) is 18.2 Å². The summed E-state index contributed by atoms with van der Waals surface area (Å²) < 4.78 is 5.50. The van der Waals surface area contributed by atoms with Crippen molar-refractivity contribution in [1.29, 1.82) is 0 Å². The number of benzene rings is 1. The lowest BCUT2D eigenvalue weighted by atomic mass is 9.90. The van der Waals surface area contributed by atoms with Crippen LogP contribution in [-0.4, -0.2) is 35.5 Å². The summed E-state index contributed by atoms with van der Waals surface area (Å²) in [6.45, 7) is 1.44. The van der Waals surface area contributed by atoms with Crippen LogP contribution in [0.3, 0.4) is 0 Å². The number of imide groups is 1. The van der Waals surface area contributed by atoms with Crippen molar-refractivity contribution >= 4 is 34.5 Å². The van der Waals surface area contributed by atoms with Crippen molar-refractivity contribution in [3.05, 3.63) is 35.0 Å². The van der Waals surface area contributed by atoms with Crippen LogP contribution < -0.4 is 10.6 Å². The number of furan rings is 1. The Bertz CT molecular complexity index is 795. The van der Waals surface area contributed by atoms with E-state index < -0.39 is 5.54 Å². The molecule has 1 spiro atoms. The second-order valence-corrected chi connectivity index (χ2v) is 6.38. The van der Waals surface area contributed by atoms with E-state index in [9.17, 15) is 9.59 Å². The number of rotatable bonds is 2. The van der Waals surface area contributed by atoms with E-state index in [-0.39, 0.29) is 23.7 Å². The second-order valence-electron chi connectivity index (χ2n) is 6.03. The molecule has 2 saturated heterocycles. The quantitative estimate of drug-likeness (QED) is 0.827. The zero-order valence-electron chi connectivity index (χ0n) is 12.4. The molecule has 1 aromatic heterocycles. The molecule has 2 fully saturated rings. The number of fused-ring (bicyclic) bond motifs is 1. The third-order valence-electron chi connectivity index (χ3n) is 4.60. The zero-order valence-corrected chi connectivity index (χ0v) is 13.2. The van der Waals surface area contributed by atoms with Gasteiger partial charge < -0.3 is 15.1 Å². The van der Waals surface area contributed by atoms with Crippen molar-refractivity contribution < 1.29 is 14.0 Å². The predicted octanol–water partition coefficient (Wildman–Crippen LogP) is 2.26. The van der Waals surface area contributed by atoms with Crippen molar-refractivity contribution in [3.8, 4) is 0 Å². The molecule has 7 heteroatoms. The first-order valence-electron chi connectivity index (χ1n) is 7.61. The van der Waals surface area contributed by atoms with Gasteiger partial charge in [0.25, 0.3) is 5.91 Å². The summed E-state index contributed by atoms with van der Waals surface area (Å²) in [5.74, 6) is -0.198. The number of piperidine rings is 1. The van der Waals surface area contributed by atoms with Crippen LogP contribution in [0.15, 0.2) is 28.7 Å². The highest BCUT2D eigenvalue weighted by atomic mass is 35.5. The largest absolute Gasteiger partial charge is 0.444 e. The van der Waals surface area contributed by atoms with Crippen LogP contribution in [0.2, 0.25) is 5.22 Å². The van der Waals surface area contributed by atoms with Gasteiger partial charge in [-0.25, -0.2) is 4.79 Å². The van der Waals surface area contributed by atoms with Gasteiger partial charge in [0.05, 0.1) is 6.54 Å². The molecular weight excluding hydrogens is 318 g/mol. The molecule has 0 saturated carbocycles. The van der Waals surface area contributed by atoms with E-state index in [0.29, 0.717) is 24.1 Å². The third-order valence-corrected chi connectivity index (χ3v) is 4.90. The van der Waals surface area contributed by atoms with Gasteiger partial charge in [-0.2, -0.15) is 0 Å². The van der Waals surface area contributed by atoms with Gasteiger partial charge in [-0.15, -0.1) is 0 Å². The van der Waals surface area contributed by atoms with E-state index >= 15 is 0 Å². The van der Waals surface area contributed by atoms with Crippen LogP contribution in [0, 0.1) is 0 Å². The molecule has 3 amide bonds. The monoisotopic (exact) mass is 333 g/mol. The van der Waals surface area contributed by atoms with Crippen LogP contribution in [0.4, 0.5) is 4.79 Å². The molecular formula is C16H16ClN3O3. The predicted molar refractivity (Wildman–Crippen MR) is 85.1 cm³/mol. The van der Waals surface area contributed by atoms with Crippen molar-refractivity contribution in [2.75, 3.05) is 13.1 Å². The number of amides is 3. The molecule has 120 valence electrons. The first-order chi connectivity index (χ1) is 11.1. The Morgan fingerprint density at radius 3 is 2.91 bits per heavy atom. The minimum atomic E-state index is -0.818. The van der Waals surface area contributed by atoms with Gasteiger partial charge in [0, 0.05) is 17.5 Å². The highest BCUT2D eigenvalue weighted by Gasteiger charge is 2.51. The van der Waals surface area contributed by atoms with E-state index in [0.717, 1.165) is 18.4 Å². The molecule has 0 radical (unpaired) electrons. The summed E-state index contributed by atoms with van der Waals surface area (Å²) in [7, 11) is 0. The third kappa shape index (κ3) is 2.21. The number of hydrogen-bond donors (Lipinski definition) is 2. The summed E-state index contributed by atoms with van der Waals surface area (Å²) >= 11 is 6.17. The van der Waals surface area contributed by atoms with E-state index in [1.807, 2.05) is 24.3 Å². The van der Waals surface area contributed by atoms with Gasteiger partial charge in [-0.3, -0.25) is 9.69 Å². The van der Waals surface area contributed by atoms with Crippen LogP contribution >= 0.6 is 11.6 Å². The Hall–Kier alpha value is -2.05. The first-order valence-corrected chi connectivity index (χ1v) is 7.99. The Balaban J connectivity index is 1.67. The van der Waals surface area contributed by atoms with Crippen molar-refractivity contribution in [3.63, 3.8) is 0 Å². The average Bonchev–Trinajstić information content (AvgIpc) is 2.98. The van der Waals surface area contributed by atoms with Crippen LogP contribution in [0.1, 0.15) is 18.4 Å². The molecule has 2 aliphatic rings. The maximum absolute atomic E-state index is 12.8. The Morgan fingerprint density at radius 2 is 2.13 bits per heavy atom. The molecule has 0 aliphatic carbocycles. The minimum Gasteiger partial charge on any atom is -0.444 e. The number of para-hydroxylation sites is 1.